The summed E-state index contributed by atoms with van der Waals surface area (Å²) in [5, 5.41) is 3.19. The number of carbonyl (C=O) groups is 2. The normalized spacial score (nSPS) is 10.2. The summed E-state index contributed by atoms with van der Waals surface area (Å²) in [4.78, 5) is 24.8. The van der Waals surface area contributed by atoms with E-state index in [9.17, 15) is 9.59 Å². The monoisotopic (exact) mass is 379 g/mol. The zero-order valence-corrected chi connectivity index (χ0v) is 15.8. The lowest BCUT2D eigenvalue weighted by atomic mass is 10.1. The van der Waals surface area contributed by atoms with E-state index in [2.05, 4.69) is 16.2 Å². The van der Waals surface area contributed by atoms with Crippen molar-refractivity contribution in [2.75, 3.05) is 12.4 Å². The average molecular weight is 379 g/mol. The number of furan rings is 1. The van der Waals surface area contributed by atoms with Gasteiger partial charge in [0.1, 0.15) is 17.3 Å². The Hall–Kier alpha value is -3.74. The van der Waals surface area contributed by atoms with Crippen LogP contribution in [0.25, 0.3) is 0 Å². The molecule has 0 bridgehead atoms. The van der Waals surface area contributed by atoms with Gasteiger partial charge in [0, 0.05) is 5.69 Å². The van der Waals surface area contributed by atoms with E-state index < -0.39 is 11.8 Å². The summed E-state index contributed by atoms with van der Waals surface area (Å²) in [5.41, 5.74) is 7.02. The summed E-state index contributed by atoms with van der Waals surface area (Å²) in [5.74, 6) is 0.976. The Balaban J connectivity index is 1.69. The molecule has 0 unspecified atom stereocenters. The average Bonchev–Trinajstić information content (AvgIpc) is 3.05. The van der Waals surface area contributed by atoms with E-state index in [4.69, 9.17) is 9.15 Å². The van der Waals surface area contributed by atoms with Gasteiger partial charge in [-0.1, -0.05) is 12.1 Å². The first-order valence-corrected chi connectivity index (χ1v) is 8.65. The van der Waals surface area contributed by atoms with Crippen LogP contribution in [0.5, 0.6) is 5.75 Å². The third-order valence-corrected chi connectivity index (χ3v) is 4.12. The molecule has 3 aromatic rings. The second-order valence-corrected chi connectivity index (χ2v) is 6.13. The molecule has 7 nitrogen and oxygen atoms in total. The van der Waals surface area contributed by atoms with E-state index in [1.165, 1.54) is 0 Å². The molecule has 0 radical (unpaired) electrons. The van der Waals surface area contributed by atoms with Crippen molar-refractivity contribution in [3.63, 3.8) is 0 Å². The van der Waals surface area contributed by atoms with Crippen molar-refractivity contribution in [2.24, 2.45) is 0 Å². The molecule has 3 rings (SSSR count). The third-order valence-electron chi connectivity index (χ3n) is 4.12. The van der Waals surface area contributed by atoms with E-state index in [0.29, 0.717) is 28.3 Å². The summed E-state index contributed by atoms with van der Waals surface area (Å²) < 4.78 is 10.5. The molecule has 0 atom stereocenters. The molecule has 1 heterocycles. The highest BCUT2D eigenvalue weighted by molar-refractivity contribution is 6.02. The Labute approximate surface area is 162 Å². The van der Waals surface area contributed by atoms with E-state index in [1.807, 2.05) is 30.3 Å². The van der Waals surface area contributed by atoms with Crippen LogP contribution >= 0.6 is 0 Å². The highest BCUT2D eigenvalue weighted by atomic mass is 16.5. The van der Waals surface area contributed by atoms with Crippen LogP contribution in [0, 0.1) is 13.8 Å². The number of anilines is 2. The SMILES string of the molecule is COc1ccc(Nc2ccccc2C(=O)NNC(=O)c2cc(C)oc2C)cc1. The molecule has 0 aliphatic carbocycles. The van der Waals surface area contributed by atoms with Gasteiger partial charge in [-0.3, -0.25) is 20.4 Å². The maximum atomic E-state index is 12.6. The van der Waals surface area contributed by atoms with Crippen LogP contribution in [0.2, 0.25) is 0 Å². The number of hydrogen-bond donors (Lipinski definition) is 3. The molecule has 144 valence electrons. The highest BCUT2D eigenvalue weighted by Gasteiger charge is 2.16. The first-order valence-electron chi connectivity index (χ1n) is 8.65. The molecule has 0 saturated carbocycles. The fourth-order valence-corrected chi connectivity index (χ4v) is 2.72. The van der Waals surface area contributed by atoms with Crippen LogP contribution in [-0.2, 0) is 0 Å². The topological polar surface area (TPSA) is 92.6 Å². The summed E-state index contributed by atoms with van der Waals surface area (Å²) in [6.07, 6.45) is 0. The number of ether oxygens (including phenoxy) is 1. The number of para-hydroxylation sites is 1. The van der Waals surface area contributed by atoms with Gasteiger partial charge in [-0.25, -0.2) is 0 Å². The van der Waals surface area contributed by atoms with Gasteiger partial charge in [0.15, 0.2) is 0 Å². The quantitative estimate of drug-likeness (QED) is 0.588. The van der Waals surface area contributed by atoms with Gasteiger partial charge < -0.3 is 14.5 Å². The second-order valence-electron chi connectivity index (χ2n) is 6.13. The molecule has 3 N–H and O–H groups in total. The predicted octanol–water partition coefficient (Wildman–Crippen LogP) is 3.72. The van der Waals surface area contributed by atoms with Gasteiger partial charge in [-0.05, 0) is 56.3 Å². The summed E-state index contributed by atoms with van der Waals surface area (Å²) >= 11 is 0. The number of nitrogens with one attached hydrogen (secondary N) is 3. The Morgan fingerprint density at radius 1 is 0.893 bits per heavy atom. The van der Waals surface area contributed by atoms with Crippen molar-refractivity contribution >= 4 is 23.2 Å². The van der Waals surface area contributed by atoms with Gasteiger partial charge in [-0.15, -0.1) is 0 Å². The maximum Gasteiger partial charge on any atom is 0.273 e. The lowest BCUT2D eigenvalue weighted by Gasteiger charge is -2.13. The number of benzene rings is 2. The van der Waals surface area contributed by atoms with Crippen molar-refractivity contribution in [3.8, 4) is 5.75 Å². The number of hydrogen-bond acceptors (Lipinski definition) is 5. The van der Waals surface area contributed by atoms with Crippen molar-refractivity contribution < 1.29 is 18.7 Å². The van der Waals surface area contributed by atoms with Crippen LogP contribution in [0.4, 0.5) is 11.4 Å². The number of methoxy groups -OCH3 is 1. The Morgan fingerprint density at radius 3 is 2.14 bits per heavy atom. The number of hydrazine groups is 1. The third kappa shape index (κ3) is 4.32. The fourth-order valence-electron chi connectivity index (χ4n) is 2.72. The summed E-state index contributed by atoms with van der Waals surface area (Å²) in [6, 6.07) is 16.0. The summed E-state index contributed by atoms with van der Waals surface area (Å²) in [6.45, 7) is 3.45. The minimum Gasteiger partial charge on any atom is -0.497 e. The molecule has 2 aromatic carbocycles. The minimum absolute atomic E-state index is 0.377. The predicted molar refractivity (Wildman–Crippen MR) is 106 cm³/mol. The Morgan fingerprint density at radius 2 is 1.54 bits per heavy atom. The zero-order valence-electron chi connectivity index (χ0n) is 15.8. The molecule has 0 aliphatic rings. The van der Waals surface area contributed by atoms with Gasteiger partial charge in [0.2, 0.25) is 0 Å². The number of rotatable bonds is 5. The smallest absolute Gasteiger partial charge is 0.273 e. The molecular weight excluding hydrogens is 358 g/mol. The number of aryl methyl sites for hydroxylation is 2. The molecule has 1 aromatic heterocycles. The number of amides is 2. The van der Waals surface area contributed by atoms with Crippen LogP contribution < -0.4 is 20.9 Å². The van der Waals surface area contributed by atoms with Crippen molar-refractivity contribution in [1.82, 2.24) is 10.9 Å². The Bertz CT molecular complexity index is 993. The van der Waals surface area contributed by atoms with Crippen LogP contribution in [0.3, 0.4) is 0 Å². The maximum absolute atomic E-state index is 12.6. The molecule has 2 amide bonds. The highest BCUT2D eigenvalue weighted by Crippen LogP contribution is 2.23. The van der Waals surface area contributed by atoms with E-state index in [0.717, 1.165) is 11.4 Å². The molecule has 0 saturated heterocycles. The zero-order chi connectivity index (χ0) is 20.1. The van der Waals surface area contributed by atoms with Gasteiger partial charge in [-0.2, -0.15) is 0 Å². The van der Waals surface area contributed by atoms with Crippen molar-refractivity contribution in [3.05, 3.63) is 77.2 Å². The first kappa shape index (κ1) is 19.0. The first-order chi connectivity index (χ1) is 13.5. The van der Waals surface area contributed by atoms with Gasteiger partial charge >= 0.3 is 0 Å². The molecule has 0 spiro atoms. The molecule has 28 heavy (non-hydrogen) atoms. The largest absolute Gasteiger partial charge is 0.497 e. The fraction of sp³-hybridized carbons (Fsp3) is 0.143. The second kappa shape index (κ2) is 8.30. The van der Waals surface area contributed by atoms with Crippen molar-refractivity contribution in [2.45, 2.75) is 13.8 Å². The van der Waals surface area contributed by atoms with Crippen molar-refractivity contribution in [1.29, 1.82) is 0 Å². The molecular formula is C21H21N3O4. The van der Waals surface area contributed by atoms with Crippen LogP contribution in [-0.4, -0.2) is 18.9 Å². The Kier molecular flexibility index (Phi) is 5.64. The standard InChI is InChI=1S/C21H21N3O4/c1-13-12-18(14(2)28-13)21(26)24-23-20(25)17-6-4-5-7-19(17)22-15-8-10-16(27-3)11-9-15/h4-12,22H,1-3H3,(H,23,25)(H,24,26). The molecule has 0 fully saturated rings. The lowest BCUT2D eigenvalue weighted by Crippen LogP contribution is -2.41. The van der Waals surface area contributed by atoms with Gasteiger partial charge in [0.25, 0.3) is 11.8 Å². The minimum atomic E-state index is -0.442. The van der Waals surface area contributed by atoms with Crippen LogP contribution in [0.1, 0.15) is 32.2 Å². The van der Waals surface area contributed by atoms with E-state index in [1.54, 1.807) is 45.2 Å². The van der Waals surface area contributed by atoms with E-state index in [-0.39, 0.29) is 0 Å². The van der Waals surface area contributed by atoms with Gasteiger partial charge in [0.05, 0.1) is 23.9 Å². The number of carbonyl (C=O) groups excluding carboxylic acids is 2. The van der Waals surface area contributed by atoms with E-state index >= 15 is 0 Å². The molecule has 7 heteroatoms. The lowest BCUT2D eigenvalue weighted by molar-refractivity contribution is 0.0846. The summed E-state index contributed by atoms with van der Waals surface area (Å²) in [7, 11) is 1.60. The van der Waals surface area contributed by atoms with Crippen LogP contribution in [0.15, 0.2) is 59.0 Å². The molecule has 0 aliphatic heterocycles.